The van der Waals surface area contributed by atoms with Crippen molar-refractivity contribution in [2.24, 2.45) is 5.92 Å². The second-order valence-corrected chi connectivity index (χ2v) is 5.61. The Labute approximate surface area is 110 Å². The summed E-state index contributed by atoms with van der Waals surface area (Å²) < 4.78 is 0. The first-order valence-electron chi connectivity index (χ1n) is 7.42. The maximum atomic E-state index is 3.49. The highest BCUT2D eigenvalue weighted by Crippen LogP contribution is 2.38. The molecule has 2 heterocycles. The molecule has 0 spiro atoms. The molecule has 2 aliphatic rings. The van der Waals surface area contributed by atoms with Crippen molar-refractivity contribution >= 4 is 0 Å². The Morgan fingerprint density at radius 1 is 1.22 bits per heavy atom. The van der Waals surface area contributed by atoms with Crippen molar-refractivity contribution in [1.29, 1.82) is 0 Å². The normalized spacial score (nSPS) is 25.9. The van der Waals surface area contributed by atoms with E-state index in [2.05, 4.69) is 41.4 Å². The number of hydrogen-bond donors (Lipinski definition) is 1. The minimum absolute atomic E-state index is 0.669. The van der Waals surface area contributed by atoms with Gasteiger partial charge in [-0.05, 0) is 55.9 Å². The van der Waals surface area contributed by atoms with Gasteiger partial charge >= 0.3 is 0 Å². The molecule has 0 aromatic heterocycles. The molecule has 1 atom stereocenters. The first kappa shape index (κ1) is 12.2. The molecule has 3 rings (SSSR count). The number of fused-ring (bicyclic) bond motifs is 1. The SMILES string of the molecule is CCN1CCc2ccccc2C1C1CCNCC1. The third-order valence-corrected chi connectivity index (χ3v) is 4.67. The fraction of sp³-hybridized carbons (Fsp3) is 0.625. The molecule has 1 aromatic rings. The lowest BCUT2D eigenvalue weighted by atomic mass is 9.80. The van der Waals surface area contributed by atoms with Gasteiger partial charge in [0.2, 0.25) is 0 Å². The van der Waals surface area contributed by atoms with Gasteiger partial charge in [-0.3, -0.25) is 4.90 Å². The van der Waals surface area contributed by atoms with E-state index in [4.69, 9.17) is 0 Å². The van der Waals surface area contributed by atoms with Crippen LogP contribution in [0, 0.1) is 5.92 Å². The highest BCUT2D eigenvalue weighted by Gasteiger charge is 2.33. The highest BCUT2D eigenvalue weighted by molar-refractivity contribution is 5.33. The van der Waals surface area contributed by atoms with Crippen LogP contribution in [0.25, 0.3) is 0 Å². The van der Waals surface area contributed by atoms with E-state index in [-0.39, 0.29) is 0 Å². The Morgan fingerprint density at radius 3 is 2.78 bits per heavy atom. The van der Waals surface area contributed by atoms with Crippen molar-refractivity contribution < 1.29 is 0 Å². The van der Waals surface area contributed by atoms with Crippen molar-refractivity contribution in [3.05, 3.63) is 35.4 Å². The van der Waals surface area contributed by atoms with E-state index >= 15 is 0 Å². The molecular formula is C16H24N2. The van der Waals surface area contributed by atoms with Crippen LogP contribution >= 0.6 is 0 Å². The molecule has 1 unspecified atom stereocenters. The smallest absolute Gasteiger partial charge is 0.0379 e. The van der Waals surface area contributed by atoms with Gasteiger partial charge < -0.3 is 5.32 Å². The van der Waals surface area contributed by atoms with Crippen LogP contribution in [0.5, 0.6) is 0 Å². The maximum absolute atomic E-state index is 3.49. The molecule has 2 nitrogen and oxygen atoms in total. The van der Waals surface area contributed by atoms with Crippen LogP contribution in [0.3, 0.4) is 0 Å². The molecule has 2 aliphatic heterocycles. The summed E-state index contributed by atoms with van der Waals surface area (Å²) in [6, 6.07) is 9.77. The van der Waals surface area contributed by atoms with Crippen LogP contribution < -0.4 is 5.32 Å². The summed E-state index contributed by atoms with van der Waals surface area (Å²) in [6.07, 6.45) is 3.89. The highest BCUT2D eigenvalue weighted by atomic mass is 15.2. The lowest BCUT2D eigenvalue weighted by Crippen LogP contribution is -2.42. The minimum Gasteiger partial charge on any atom is -0.317 e. The summed E-state index contributed by atoms with van der Waals surface area (Å²) in [5.74, 6) is 0.840. The lowest BCUT2D eigenvalue weighted by molar-refractivity contribution is 0.117. The zero-order chi connectivity index (χ0) is 12.4. The van der Waals surface area contributed by atoms with Crippen LogP contribution in [0.1, 0.15) is 36.9 Å². The van der Waals surface area contributed by atoms with Crippen LogP contribution in [0.4, 0.5) is 0 Å². The van der Waals surface area contributed by atoms with Gasteiger partial charge in [0, 0.05) is 12.6 Å². The fourth-order valence-electron chi connectivity index (χ4n) is 3.72. The molecule has 2 heteroatoms. The third kappa shape index (κ3) is 2.19. The van der Waals surface area contributed by atoms with Crippen LogP contribution in [-0.4, -0.2) is 31.1 Å². The Balaban J connectivity index is 1.92. The van der Waals surface area contributed by atoms with Crippen LogP contribution in [0.2, 0.25) is 0 Å². The van der Waals surface area contributed by atoms with E-state index in [1.54, 1.807) is 11.1 Å². The zero-order valence-corrected chi connectivity index (χ0v) is 11.4. The molecule has 0 radical (unpaired) electrons. The zero-order valence-electron chi connectivity index (χ0n) is 11.4. The Morgan fingerprint density at radius 2 is 2.00 bits per heavy atom. The van der Waals surface area contributed by atoms with Crippen molar-refractivity contribution in [3.8, 4) is 0 Å². The summed E-state index contributed by atoms with van der Waals surface area (Å²) in [4.78, 5) is 2.69. The van der Waals surface area contributed by atoms with E-state index < -0.39 is 0 Å². The van der Waals surface area contributed by atoms with Gasteiger partial charge in [0.05, 0.1) is 0 Å². The third-order valence-electron chi connectivity index (χ3n) is 4.67. The predicted molar refractivity (Wildman–Crippen MR) is 75.7 cm³/mol. The quantitative estimate of drug-likeness (QED) is 0.860. The molecule has 0 bridgehead atoms. The monoisotopic (exact) mass is 244 g/mol. The van der Waals surface area contributed by atoms with Crippen molar-refractivity contribution in [2.45, 2.75) is 32.2 Å². The summed E-state index contributed by atoms with van der Waals surface area (Å²) in [5, 5.41) is 3.49. The van der Waals surface area contributed by atoms with Gasteiger partial charge in [0.25, 0.3) is 0 Å². The number of likely N-dealkylation sites (N-methyl/N-ethyl adjacent to an activating group) is 1. The summed E-state index contributed by atoms with van der Waals surface area (Å²) in [6.45, 7) is 7.12. The Bertz CT molecular complexity index is 396. The van der Waals surface area contributed by atoms with Gasteiger partial charge in [-0.1, -0.05) is 31.2 Å². The second kappa shape index (κ2) is 5.41. The first-order chi connectivity index (χ1) is 8.90. The maximum Gasteiger partial charge on any atom is 0.0379 e. The summed E-state index contributed by atoms with van der Waals surface area (Å²) in [7, 11) is 0. The number of benzene rings is 1. The summed E-state index contributed by atoms with van der Waals surface area (Å²) in [5.41, 5.74) is 3.20. The molecule has 1 aromatic carbocycles. The van der Waals surface area contributed by atoms with Gasteiger partial charge in [0.1, 0.15) is 0 Å². The Hall–Kier alpha value is -0.860. The van der Waals surface area contributed by atoms with Gasteiger partial charge in [0.15, 0.2) is 0 Å². The molecular weight excluding hydrogens is 220 g/mol. The van der Waals surface area contributed by atoms with Gasteiger partial charge in [-0.25, -0.2) is 0 Å². The van der Waals surface area contributed by atoms with E-state index in [9.17, 15) is 0 Å². The average molecular weight is 244 g/mol. The molecule has 18 heavy (non-hydrogen) atoms. The molecule has 98 valence electrons. The largest absolute Gasteiger partial charge is 0.317 e. The number of nitrogens with one attached hydrogen (secondary N) is 1. The average Bonchev–Trinajstić information content (AvgIpc) is 2.47. The predicted octanol–water partition coefficient (Wildman–Crippen LogP) is 2.61. The van der Waals surface area contributed by atoms with Gasteiger partial charge in [-0.15, -0.1) is 0 Å². The lowest BCUT2D eigenvalue weighted by Gasteiger charge is -2.42. The number of piperidine rings is 1. The molecule has 0 saturated carbocycles. The van der Waals surface area contributed by atoms with E-state index in [1.165, 1.54) is 45.4 Å². The topological polar surface area (TPSA) is 15.3 Å². The molecule has 0 amide bonds. The number of rotatable bonds is 2. The van der Waals surface area contributed by atoms with Gasteiger partial charge in [-0.2, -0.15) is 0 Å². The first-order valence-corrected chi connectivity index (χ1v) is 7.42. The van der Waals surface area contributed by atoms with E-state index in [1.807, 2.05) is 0 Å². The molecule has 0 aliphatic carbocycles. The van der Waals surface area contributed by atoms with E-state index in [0.717, 1.165) is 5.92 Å². The minimum atomic E-state index is 0.669. The summed E-state index contributed by atoms with van der Waals surface area (Å²) >= 11 is 0. The molecule has 1 fully saturated rings. The standard InChI is InChI=1S/C16H24N2/c1-2-18-12-9-13-5-3-4-6-15(13)16(18)14-7-10-17-11-8-14/h3-6,14,16-17H,2,7-12H2,1H3. The Kier molecular flexibility index (Phi) is 3.67. The molecule has 1 N–H and O–H groups in total. The van der Waals surface area contributed by atoms with Crippen LogP contribution in [0.15, 0.2) is 24.3 Å². The van der Waals surface area contributed by atoms with Crippen molar-refractivity contribution in [3.63, 3.8) is 0 Å². The second-order valence-electron chi connectivity index (χ2n) is 5.61. The number of nitrogens with zero attached hydrogens (tertiary/aromatic N) is 1. The fourth-order valence-corrected chi connectivity index (χ4v) is 3.72. The molecule has 1 saturated heterocycles. The van der Waals surface area contributed by atoms with Crippen molar-refractivity contribution in [2.75, 3.05) is 26.2 Å². The van der Waals surface area contributed by atoms with Crippen LogP contribution in [-0.2, 0) is 6.42 Å². The van der Waals surface area contributed by atoms with E-state index in [0.29, 0.717) is 6.04 Å². The van der Waals surface area contributed by atoms with Crippen molar-refractivity contribution in [1.82, 2.24) is 10.2 Å². The number of hydrogen-bond acceptors (Lipinski definition) is 2.